The Balaban J connectivity index is 1.46. The van der Waals surface area contributed by atoms with Crippen LogP contribution in [0.15, 0.2) is 65.8 Å². The Morgan fingerprint density at radius 3 is 2.62 bits per heavy atom. The molecule has 9 nitrogen and oxygen atoms in total. The molecule has 0 N–H and O–H groups in total. The molecule has 3 atom stereocenters. The summed E-state index contributed by atoms with van der Waals surface area (Å²) in [6.45, 7) is -1.16. The number of allylic oxidation sites excluding steroid dienone is 1. The summed E-state index contributed by atoms with van der Waals surface area (Å²) in [5.74, 6) is 2.80. The van der Waals surface area contributed by atoms with Crippen molar-refractivity contribution in [3.8, 4) is 5.69 Å². The molecule has 1 aromatic carbocycles. The molecule has 45 heavy (non-hydrogen) atoms. The first kappa shape index (κ1) is 30.8. The quantitative estimate of drug-likeness (QED) is 0.154. The molecule has 1 saturated carbocycles. The van der Waals surface area contributed by atoms with Gasteiger partial charge < -0.3 is 0 Å². The minimum Gasteiger partial charge on any atom is -0.291 e. The first-order valence-electron chi connectivity index (χ1n) is 14.0. The van der Waals surface area contributed by atoms with Crippen molar-refractivity contribution in [1.29, 1.82) is 0 Å². The predicted molar refractivity (Wildman–Crippen MR) is 156 cm³/mol. The number of hydrogen-bond acceptors (Lipinski definition) is 6. The van der Waals surface area contributed by atoms with E-state index in [9.17, 15) is 31.0 Å². The van der Waals surface area contributed by atoms with Crippen molar-refractivity contribution in [2.75, 3.05) is 13.2 Å². The van der Waals surface area contributed by atoms with E-state index in [2.05, 4.69) is 26.0 Å². The molecular formula is C30H28F5N7O2S. The fourth-order valence-electron chi connectivity index (χ4n) is 6.32. The molecule has 3 heterocycles. The van der Waals surface area contributed by atoms with Gasteiger partial charge in [0.2, 0.25) is 5.16 Å². The van der Waals surface area contributed by atoms with Crippen molar-refractivity contribution in [2.24, 2.45) is 12.5 Å². The number of pyridine rings is 1. The van der Waals surface area contributed by atoms with Gasteiger partial charge in [-0.1, -0.05) is 5.57 Å². The highest BCUT2D eigenvalue weighted by Gasteiger charge is 2.51. The molecule has 4 aromatic rings. The summed E-state index contributed by atoms with van der Waals surface area (Å²) in [4.78, 5) is 22.6. The number of benzene rings is 1. The number of aromatic nitrogens is 6. The van der Waals surface area contributed by atoms with Gasteiger partial charge in [0.05, 0.1) is 38.3 Å². The smallest absolute Gasteiger partial charge is 0.291 e. The second kappa shape index (κ2) is 11.3. The van der Waals surface area contributed by atoms with Crippen LogP contribution in [0.4, 0.5) is 22.0 Å². The fourth-order valence-corrected chi connectivity index (χ4v) is 8.02. The molecule has 0 aliphatic heterocycles. The SMILES string of the molecule is C=S(=O)(c1ncn(C)n1)N(CCF)[C@H]1CCC2=Cc3c(cnn3-c3ccc(F)cc3)C[C@]2(C(=O)c2cc(C(F)(F)F)ccn2)C1. The van der Waals surface area contributed by atoms with Crippen LogP contribution in [0.5, 0.6) is 0 Å². The first-order chi connectivity index (χ1) is 21.3. The van der Waals surface area contributed by atoms with Crippen LogP contribution in [0.3, 0.4) is 0 Å². The van der Waals surface area contributed by atoms with Crippen LogP contribution in [0, 0.1) is 11.2 Å². The van der Waals surface area contributed by atoms with Crippen molar-refractivity contribution in [1.82, 2.24) is 33.8 Å². The molecule has 1 fully saturated rings. The van der Waals surface area contributed by atoms with E-state index in [0.29, 0.717) is 28.9 Å². The molecule has 15 heteroatoms. The molecule has 0 saturated heterocycles. The Labute approximate surface area is 255 Å². The Kier molecular flexibility index (Phi) is 7.72. The normalized spacial score (nSPS) is 21.1. The third-order valence-electron chi connectivity index (χ3n) is 8.42. The monoisotopic (exact) mass is 645 g/mol. The van der Waals surface area contributed by atoms with E-state index in [1.165, 1.54) is 27.4 Å². The Bertz CT molecular complexity index is 1900. The van der Waals surface area contributed by atoms with Crippen LogP contribution in [-0.2, 0) is 29.4 Å². The second-order valence-corrected chi connectivity index (χ2v) is 13.3. The fraction of sp³-hybridized carbons (Fsp3) is 0.333. The summed E-state index contributed by atoms with van der Waals surface area (Å²) in [5, 5.41) is 8.51. The number of carbonyl (C=O) groups is 1. The van der Waals surface area contributed by atoms with Crippen LogP contribution >= 0.6 is 0 Å². The zero-order valence-electron chi connectivity index (χ0n) is 24.0. The van der Waals surface area contributed by atoms with Gasteiger partial charge in [0.1, 0.15) is 24.5 Å². The molecule has 0 amide bonds. The van der Waals surface area contributed by atoms with Crippen molar-refractivity contribution < 1.29 is 31.0 Å². The van der Waals surface area contributed by atoms with Gasteiger partial charge in [0.25, 0.3) is 0 Å². The van der Waals surface area contributed by atoms with Gasteiger partial charge in [-0.15, -0.1) is 5.10 Å². The average molecular weight is 646 g/mol. The maximum atomic E-state index is 14.5. The second-order valence-electron chi connectivity index (χ2n) is 11.2. The van der Waals surface area contributed by atoms with E-state index in [-0.39, 0.29) is 36.7 Å². The zero-order valence-corrected chi connectivity index (χ0v) is 24.9. The van der Waals surface area contributed by atoms with Gasteiger partial charge in [-0.25, -0.2) is 27.0 Å². The Morgan fingerprint density at radius 1 is 1.20 bits per heavy atom. The highest BCUT2D eigenvalue weighted by molar-refractivity contribution is 7.98. The van der Waals surface area contributed by atoms with E-state index in [1.807, 2.05) is 0 Å². The zero-order chi connectivity index (χ0) is 32.1. The first-order valence-corrected chi connectivity index (χ1v) is 15.7. The molecule has 2 aliphatic rings. The number of halogens is 5. The molecule has 3 aromatic heterocycles. The van der Waals surface area contributed by atoms with Crippen molar-refractivity contribution >= 4 is 27.4 Å². The standard InChI is InChI=1S/C30H28F5N7O2S/c1-40-18-37-28(39-40)45(2,44)41(12-10-31)24-6-3-20-14-26-19(17-38-42(26)23-7-4-22(32)5-8-23)15-29(20,16-24)27(43)25-13-21(9-11-36-25)30(33,34)35/h4-5,7-9,11,13-14,17-18,24H,2-3,6,10,12,15-16H2,1H3/t24-,29-,45?/m0/s1. The number of nitrogens with zero attached hydrogens (tertiary/aromatic N) is 7. The van der Waals surface area contributed by atoms with Gasteiger partial charge >= 0.3 is 6.18 Å². The van der Waals surface area contributed by atoms with Gasteiger partial charge in [-0.2, -0.15) is 18.3 Å². The third kappa shape index (κ3) is 5.47. The molecule has 0 bridgehead atoms. The van der Waals surface area contributed by atoms with Crippen molar-refractivity contribution in [3.05, 3.63) is 89.0 Å². The number of aryl methyl sites for hydroxylation is 1. The minimum absolute atomic E-state index is 0.00387. The number of carbonyl (C=O) groups excluding carboxylic acids is 1. The van der Waals surface area contributed by atoms with Crippen LogP contribution in [0.25, 0.3) is 11.8 Å². The predicted octanol–water partition coefficient (Wildman–Crippen LogP) is 4.88. The van der Waals surface area contributed by atoms with Crippen LogP contribution in [0.2, 0.25) is 0 Å². The van der Waals surface area contributed by atoms with Crippen LogP contribution in [0.1, 0.15) is 46.6 Å². The highest BCUT2D eigenvalue weighted by Crippen LogP contribution is 2.51. The molecule has 1 unspecified atom stereocenters. The number of rotatable bonds is 8. The van der Waals surface area contributed by atoms with E-state index in [4.69, 9.17) is 0 Å². The van der Waals surface area contributed by atoms with Crippen molar-refractivity contribution in [3.63, 3.8) is 0 Å². The number of alkyl halides is 4. The lowest BCUT2D eigenvalue weighted by Crippen LogP contribution is -2.51. The number of Topliss-reactive ketones (excluding diaryl/α,β-unsaturated/α-hetero) is 1. The third-order valence-corrected chi connectivity index (χ3v) is 10.4. The van der Waals surface area contributed by atoms with Gasteiger partial charge in [0, 0.05) is 25.8 Å². The summed E-state index contributed by atoms with van der Waals surface area (Å²) in [6.07, 6.45) is 1.61. The lowest BCUT2D eigenvalue weighted by Gasteiger charge is -2.47. The molecule has 2 aliphatic carbocycles. The Morgan fingerprint density at radius 2 is 1.96 bits per heavy atom. The van der Waals surface area contributed by atoms with Crippen LogP contribution < -0.4 is 0 Å². The largest absolute Gasteiger partial charge is 0.416 e. The van der Waals surface area contributed by atoms with Crippen LogP contribution in [-0.4, -0.2) is 69.0 Å². The highest BCUT2D eigenvalue weighted by atomic mass is 32.2. The van der Waals surface area contributed by atoms with E-state index >= 15 is 0 Å². The average Bonchev–Trinajstić information content (AvgIpc) is 3.64. The van der Waals surface area contributed by atoms with Gasteiger partial charge in [0.15, 0.2) is 5.78 Å². The molecule has 236 valence electrons. The Hall–Kier alpha value is -4.24. The van der Waals surface area contributed by atoms with E-state index in [0.717, 1.165) is 18.3 Å². The topological polar surface area (TPSA) is 98.8 Å². The number of ketones is 1. The van der Waals surface area contributed by atoms with Gasteiger partial charge in [-0.05, 0) is 79.6 Å². The molecule has 0 radical (unpaired) electrons. The summed E-state index contributed by atoms with van der Waals surface area (Å²) in [7, 11) is -1.82. The summed E-state index contributed by atoms with van der Waals surface area (Å²) in [6, 6.07) is 6.56. The number of fused-ring (bicyclic) bond motifs is 2. The lowest BCUT2D eigenvalue weighted by molar-refractivity contribution is -0.137. The molecule has 0 spiro atoms. The van der Waals surface area contributed by atoms with Crippen molar-refractivity contribution in [2.45, 2.75) is 43.1 Å². The summed E-state index contributed by atoms with van der Waals surface area (Å²) in [5.41, 5.74) is -0.314. The molecule has 6 rings (SSSR count). The van der Waals surface area contributed by atoms with E-state index < -0.39 is 51.2 Å². The molecular weight excluding hydrogens is 617 g/mol. The maximum Gasteiger partial charge on any atom is 0.416 e. The van der Waals surface area contributed by atoms with E-state index in [1.54, 1.807) is 36.1 Å². The summed E-state index contributed by atoms with van der Waals surface area (Å²) < 4.78 is 87.0. The maximum absolute atomic E-state index is 14.5. The lowest BCUT2D eigenvalue weighted by atomic mass is 9.60. The summed E-state index contributed by atoms with van der Waals surface area (Å²) >= 11 is 0. The minimum atomic E-state index is -4.70. The van der Waals surface area contributed by atoms with Gasteiger partial charge in [-0.3, -0.25) is 14.5 Å². The number of hydrogen-bond donors (Lipinski definition) is 0.